The average Bonchev–Trinajstić information content (AvgIpc) is 2.34. The molecule has 1 aliphatic carbocycles. The fourth-order valence-corrected chi connectivity index (χ4v) is 1.48. The van der Waals surface area contributed by atoms with Gasteiger partial charge in [0.1, 0.15) is 12.1 Å². The zero-order chi connectivity index (χ0) is 8.27. The maximum Gasteiger partial charge on any atom is 0.145 e. The minimum absolute atomic E-state index is 0.218. The summed E-state index contributed by atoms with van der Waals surface area (Å²) in [5.74, 6) is 0.614. The van der Waals surface area contributed by atoms with Gasteiger partial charge in [-0.3, -0.25) is 4.79 Å². The molecule has 0 aromatic rings. The van der Waals surface area contributed by atoms with Crippen LogP contribution in [0.25, 0.3) is 0 Å². The highest BCUT2D eigenvalue weighted by atomic mass is 16.1. The van der Waals surface area contributed by atoms with E-state index < -0.39 is 0 Å². The first-order chi connectivity index (χ1) is 5.22. The van der Waals surface area contributed by atoms with E-state index >= 15 is 0 Å². The Balaban J connectivity index is 2.35. The van der Waals surface area contributed by atoms with Crippen LogP contribution in [0.5, 0.6) is 0 Å². The molecular formula is C9H12O2. The van der Waals surface area contributed by atoms with Crippen LogP contribution in [0.15, 0.2) is 11.6 Å². The molecule has 0 saturated carbocycles. The lowest BCUT2D eigenvalue weighted by atomic mass is 10.00. The molecule has 11 heavy (non-hydrogen) atoms. The van der Waals surface area contributed by atoms with Crippen molar-refractivity contribution in [2.45, 2.75) is 26.2 Å². The number of ketones is 1. The SMILES string of the molecule is CC(=O)C[C@@H]1CC=C(C=O)C1. The van der Waals surface area contributed by atoms with Gasteiger partial charge in [0, 0.05) is 6.42 Å². The van der Waals surface area contributed by atoms with Crippen molar-refractivity contribution in [3.05, 3.63) is 11.6 Å². The average molecular weight is 152 g/mol. The zero-order valence-electron chi connectivity index (χ0n) is 6.67. The number of carbonyl (C=O) groups excluding carboxylic acids is 2. The van der Waals surface area contributed by atoms with Crippen molar-refractivity contribution in [2.75, 3.05) is 0 Å². The lowest BCUT2D eigenvalue weighted by molar-refractivity contribution is -0.117. The van der Waals surface area contributed by atoms with Gasteiger partial charge in [-0.2, -0.15) is 0 Å². The molecule has 0 heterocycles. The molecule has 1 aliphatic rings. The molecule has 0 N–H and O–H groups in total. The summed E-state index contributed by atoms with van der Waals surface area (Å²) in [5.41, 5.74) is 0.858. The first kappa shape index (κ1) is 8.18. The van der Waals surface area contributed by atoms with E-state index in [9.17, 15) is 9.59 Å². The number of hydrogen-bond acceptors (Lipinski definition) is 2. The maximum absolute atomic E-state index is 10.7. The van der Waals surface area contributed by atoms with Gasteiger partial charge in [0.25, 0.3) is 0 Å². The lowest BCUT2D eigenvalue weighted by Gasteiger charge is -2.04. The largest absolute Gasteiger partial charge is 0.300 e. The number of allylic oxidation sites excluding steroid dienone is 2. The van der Waals surface area contributed by atoms with Crippen molar-refractivity contribution < 1.29 is 9.59 Å². The molecule has 0 radical (unpaired) electrons. The second-order valence-corrected chi connectivity index (χ2v) is 3.11. The summed E-state index contributed by atoms with van der Waals surface area (Å²) in [6.07, 6.45) is 5.13. The van der Waals surface area contributed by atoms with Crippen LogP contribution in [-0.2, 0) is 9.59 Å². The number of aldehydes is 1. The fourth-order valence-electron chi connectivity index (χ4n) is 1.48. The van der Waals surface area contributed by atoms with E-state index in [1.165, 1.54) is 0 Å². The van der Waals surface area contributed by atoms with Crippen molar-refractivity contribution in [3.63, 3.8) is 0 Å². The Morgan fingerprint density at radius 1 is 1.82 bits per heavy atom. The van der Waals surface area contributed by atoms with Crippen LogP contribution in [0.4, 0.5) is 0 Å². The predicted octanol–water partition coefficient (Wildman–Crippen LogP) is 1.50. The second-order valence-electron chi connectivity index (χ2n) is 3.11. The number of rotatable bonds is 3. The monoisotopic (exact) mass is 152 g/mol. The lowest BCUT2D eigenvalue weighted by Crippen LogP contribution is -2.01. The van der Waals surface area contributed by atoms with Gasteiger partial charge in [-0.25, -0.2) is 0 Å². The normalized spacial score (nSPS) is 23.0. The third kappa shape index (κ3) is 2.30. The van der Waals surface area contributed by atoms with Gasteiger partial charge < -0.3 is 4.79 Å². The van der Waals surface area contributed by atoms with E-state index in [-0.39, 0.29) is 5.78 Å². The van der Waals surface area contributed by atoms with Crippen LogP contribution in [0.2, 0.25) is 0 Å². The number of Topliss-reactive ketones (excluding diaryl/α,β-unsaturated/α-hetero) is 1. The highest BCUT2D eigenvalue weighted by molar-refractivity contribution is 5.77. The van der Waals surface area contributed by atoms with E-state index in [2.05, 4.69) is 0 Å². The molecule has 0 bridgehead atoms. The number of carbonyl (C=O) groups is 2. The Hall–Kier alpha value is -0.920. The molecule has 0 saturated heterocycles. The molecule has 60 valence electrons. The minimum Gasteiger partial charge on any atom is -0.300 e. The highest BCUT2D eigenvalue weighted by Gasteiger charge is 2.17. The van der Waals surface area contributed by atoms with Gasteiger partial charge in [0.2, 0.25) is 0 Å². The van der Waals surface area contributed by atoms with Crippen LogP contribution in [0, 0.1) is 5.92 Å². The molecule has 2 nitrogen and oxygen atoms in total. The molecular weight excluding hydrogens is 140 g/mol. The topological polar surface area (TPSA) is 34.1 Å². The van der Waals surface area contributed by atoms with Crippen LogP contribution < -0.4 is 0 Å². The Kier molecular flexibility index (Phi) is 2.58. The molecule has 0 unspecified atom stereocenters. The smallest absolute Gasteiger partial charge is 0.145 e. The summed E-state index contributed by atoms with van der Waals surface area (Å²) in [6, 6.07) is 0. The quantitative estimate of drug-likeness (QED) is 0.574. The summed E-state index contributed by atoms with van der Waals surface area (Å²) in [6.45, 7) is 1.60. The Labute approximate surface area is 66.3 Å². The van der Waals surface area contributed by atoms with Gasteiger partial charge in [-0.05, 0) is 31.3 Å². The molecule has 1 rings (SSSR count). The van der Waals surface area contributed by atoms with Crippen molar-refractivity contribution in [3.8, 4) is 0 Å². The van der Waals surface area contributed by atoms with Crippen LogP contribution in [0.1, 0.15) is 26.2 Å². The van der Waals surface area contributed by atoms with Gasteiger partial charge in [0.15, 0.2) is 0 Å². The van der Waals surface area contributed by atoms with E-state index in [4.69, 9.17) is 0 Å². The summed E-state index contributed by atoms with van der Waals surface area (Å²) in [4.78, 5) is 21.0. The maximum atomic E-state index is 10.7. The summed E-state index contributed by atoms with van der Waals surface area (Å²) < 4.78 is 0. The third-order valence-corrected chi connectivity index (χ3v) is 1.97. The summed E-state index contributed by atoms with van der Waals surface area (Å²) >= 11 is 0. The van der Waals surface area contributed by atoms with Crippen LogP contribution in [-0.4, -0.2) is 12.1 Å². The van der Waals surface area contributed by atoms with Gasteiger partial charge in [-0.15, -0.1) is 0 Å². The molecule has 0 amide bonds. The Morgan fingerprint density at radius 3 is 3.00 bits per heavy atom. The standard InChI is InChI=1S/C9H12O2/c1-7(11)4-8-2-3-9(5-8)6-10/h3,6,8H,2,4-5H2,1H3/t8-/m0/s1. The van der Waals surface area contributed by atoms with Crippen molar-refractivity contribution in [1.82, 2.24) is 0 Å². The predicted molar refractivity (Wildman–Crippen MR) is 42.2 cm³/mol. The van der Waals surface area contributed by atoms with E-state index in [0.717, 1.165) is 24.7 Å². The first-order valence-corrected chi connectivity index (χ1v) is 3.86. The third-order valence-electron chi connectivity index (χ3n) is 1.97. The molecule has 0 aliphatic heterocycles. The Morgan fingerprint density at radius 2 is 2.55 bits per heavy atom. The molecule has 2 heteroatoms. The van der Waals surface area contributed by atoms with Gasteiger partial charge in [0.05, 0.1) is 0 Å². The first-order valence-electron chi connectivity index (χ1n) is 3.86. The molecule has 1 atom stereocenters. The molecule has 0 aromatic heterocycles. The summed E-state index contributed by atoms with van der Waals surface area (Å²) in [5, 5.41) is 0. The van der Waals surface area contributed by atoms with E-state index in [1.807, 2.05) is 6.08 Å². The minimum atomic E-state index is 0.218. The van der Waals surface area contributed by atoms with Crippen LogP contribution >= 0.6 is 0 Å². The zero-order valence-corrected chi connectivity index (χ0v) is 6.67. The molecule has 0 spiro atoms. The van der Waals surface area contributed by atoms with E-state index in [1.54, 1.807) is 6.92 Å². The Bertz CT molecular complexity index is 204. The van der Waals surface area contributed by atoms with Crippen molar-refractivity contribution in [1.29, 1.82) is 0 Å². The van der Waals surface area contributed by atoms with Crippen molar-refractivity contribution in [2.24, 2.45) is 5.92 Å². The van der Waals surface area contributed by atoms with Gasteiger partial charge >= 0.3 is 0 Å². The van der Waals surface area contributed by atoms with Crippen molar-refractivity contribution >= 4 is 12.1 Å². The van der Waals surface area contributed by atoms with Gasteiger partial charge in [-0.1, -0.05) is 6.08 Å². The highest BCUT2D eigenvalue weighted by Crippen LogP contribution is 2.26. The van der Waals surface area contributed by atoms with E-state index in [0.29, 0.717) is 12.3 Å². The second kappa shape index (κ2) is 3.46. The fraction of sp³-hybridized carbons (Fsp3) is 0.556. The molecule has 0 aromatic carbocycles. The number of hydrogen-bond donors (Lipinski definition) is 0. The summed E-state index contributed by atoms with van der Waals surface area (Å²) in [7, 11) is 0. The van der Waals surface area contributed by atoms with Crippen LogP contribution in [0.3, 0.4) is 0 Å². The molecule has 0 fully saturated rings.